The zero-order valence-electron chi connectivity index (χ0n) is 14.1. The van der Waals surface area contributed by atoms with Crippen molar-refractivity contribution >= 4 is 27.3 Å². The van der Waals surface area contributed by atoms with Crippen molar-refractivity contribution in [1.82, 2.24) is 14.9 Å². The van der Waals surface area contributed by atoms with Gasteiger partial charge in [-0.2, -0.15) is 0 Å². The van der Waals surface area contributed by atoms with Crippen LogP contribution in [0.5, 0.6) is 0 Å². The van der Waals surface area contributed by atoms with E-state index < -0.39 is 11.2 Å². The summed E-state index contributed by atoms with van der Waals surface area (Å²) < 4.78 is 1.20. The van der Waals surface area contributed by atoms with Crippen LogP contribution in [0.1, 0.15) is 23.2 Å². The molecule has 0 aliphatic rings. The van der Waals surface area contributed by atoms with Gasteiger partial charge >= 0.3 is 5.69 Å². The van der Waals surface area contributed by atoms with Crippen molar-refractivity contribution in [2.24, 2.45) is 0 Å². The minimum Gasteiger partial charge on any atom is -0.341 e. The van der Waals surface area contributed by atoms with Crippen LogP contribution < -0.4 is 11.2 Å². The Balaban J connectivity index is 1.67. The standard InChI is InChI=1S/C18H19N3O3S/c1-11-13(17(23)20-18(24)19-11)7-8-16(22)21(2)9-12-10-25-15-6-4-3-5-14(12)15/h3-6,10H,7-9H2,1-2H3,(H2,19,20,23,24). The second-order valence-electron chi connectivity index (χ2n) is 6.02. The summed E-state index contributed by atoms with van der Waals surface area (Å²) in [5, 5.41) is 3.24. The third kappa shape index (κ3) is 3.71. The zero-order chi connectivity index (χ0) is 18.0. The molecule has 0 unspecified atom stereocenters. The highest BCUT2D eigenvalue weighted by atomic mass is 32.1. The second kappa shape index (κ2) is 7.06. The summed E-state index contributed by atoms with van der Waals surface area (Å²) in [4.78, 5) is 41.9. The molecule has 0 aliphatic carbocycles. The first-order valence-corrected chi connectivity index (χ1v) is 8.85. The molecule has 25 heavy (non-hydrogen) atoms. The van der Waals surface area contributed by atoms with Crippen LogP contribution in [0.2, 0.25) is 0 Å². The number of aromatic amines is 2. The summed E-state index contributed by atoms with van der Waals surface area (Å²) in [6, 6.07) is 8.12. The Morgan fingerprint density at radius 1 is 1.20 bits per heavy atom. The lowest BCUT2D eigenvalue weighted by Gasteiger charge is -2.17. The van der Waals surface area contributed by atoms with E-state index in [1.54, 1.807) is 30.2 Å². The molecule has 0 saturated heterocycles. The molecule has 2 aromatic heterocycles. The molecule has 2 N–H and O–H groups in total. The summed E-state index contributed by atoms with van der Waals surface area (Å²) >= 11 is 1.67. The van der Waals surface area contributed by atoms with Gasteiger partial charge in [0.25, 0.3) is 5.56 Å². The first-order chi connectivity index (χ1) is 12.0. The molecule has 0 spiro atoms. The summed E-state index contributed by atoms with van der Waals surface area (Å²) in [5.74, 6) is -0.0414. The summed E-state index contributed by atoms with van der Waals surface area (Å²) in [7, 11) is 1.76. The first-order valence-electron chi connectivity index (χ1n) is 7.97. The molecule has 0 radical (unpaired) electrons. The van der Waals surface area contributed by atoms with Gasteiger partial charge in [0, 0.05) is 36.0 Å². The van der Waals surface area contributed by atoms with E-state index in [1.807, 2.05) is 12.1 Å². The van der Waals surface area contributed by atoms with Gasteiger partial charge in [-0.3, -0.25) is 14.6 Å². The number of benzene rings is 1. The summed E-state index contributed by atoms with van der Waals surface area (Å²) in [6.07, 6.45) is 0.514. The van der Waals surface area contributed by atoms with E-state index in [4.69, 9.17) is 0 Å². The Morgan fingerprint density at radius 3 is 2.72 bits per heavy atom. The summed E-state index contributed by atoms with van der Waals surface area (Å²) in [6.45, 7) is 2.20. The minimum atomic E-state index is -0.529. The SMILES string of the molecule is Cc1[nH]c(=O)[nH]c(=O)c1CCC(=O)N(C)Cc1csc2ccccc12. The van der Waals surface area contributed by atoms with Crippen LogP contribution in [0.15, 0.2) is 39.2 Å². The molecule has 1 aromatic carbocycles. The van der Waals surface area contributed by atoms with Gasteiger partial charge in [0.05, 0.1) is 0 Å². The average Bonchev–Trinajstić information content (AvgIpc) is 2.97. The van der Waals surface area contributed by atoms with E-state index in [0.717, 1.165) is 5.56 Å². The van der Waals surface area contributed by atoms with E-state index in [1.165, 1.54) is 10.1 Å². The van der Waals surface area contributed by atoms with E-state index in [2.05, 4.69) is 27.5 Å². The van der Waals surface area contributed by atoms with Gasteiger partial charge in [0.2, 0.25) is 5.91 Å². The maximum absolute atomic E-state index is 12.4. The Labute approximate surface area is 148 Å². The number of rotatable bonds is 5. The molecule has 3 rings (SSSR count). The number of nitrogens with one attached hydrogen (secondary N) is 2. The van der Waals surface area contributed by atoms with Crippen LogP contribution in [0, 0.1) is 6.92 Å². The zero-order valence-corrected chi connectivity index (χ0v) is 14.9. The molecule has 1 amide bonds. The number of nitrogens with zero attached hydrogens (tertiary/aromatic N) is 1. The van der Waals surface area contributed by atoms with E-state index in [0.29, 0.717) is 24.2 Å². The number of hydrogen-bond donors (Lipinski definition) is 2. The number of aryl methyl sites for hydroxylation is 1. The lowest BCUT2D eigenvalue weighted by molar-refractivity contribution is -0.130. The van der Waals surface area contributed by atoms with E-state index in [9.17, 15) is 14.4 Å². The third-order valence-electron chi connectivity index (χ3n) is 4.24. The number of fused-ring (bicyclic) bond motifs is 1. The van der Waals surface area contributed by atoms with Gasteiger partial charge in [-0.25, -0.2) is 4.79 Å². The Morgan fingerprint density at radius 2 is 1.96 bits per heavy atom. The largest absolute Gasteiger partial charge is 0.341 e. The number of carbonyl (C=O) groups excluding carboxylic acids is 1. The summed E-state index contributed by atoms with van der Waals surface area (Å²) in [5.41, 5.74) is 1.12. The van der Waals surface area contributed by atoms with E-state index >= 15 is 0 Å². The Bertz CT molecular complexity index is 1030. The maximum atomic E-state index is 12.4. The fourth-order valence-electron chi connectivity index (χ4n) is 2.85. The highest BCUT2D eigenvalue weighted by Crippen LogP contribution is 2.26. The van der Waals surface area contributed by atoms with Gasteiger partial charge < -0.3 is 9.88 Å². The maximum Gasteiger partial charge on any atom is 0.325 e. The van der Waals surface area contributed by atoms with Crippen LogP contribution in [-0.4, -0.2) is 27.8 Å². The molecule has 7 heteroatoms. The number of hydrogen-bond acceptors (Lipinski definition) is 4. The van der Waals surface area contributed by atoms with Crippen LogP contribution in [0.4, 0.5) is 0 Å². The number of amides is 1. The first kappa shape index (κ1) is 17.2. The van der Waals surface area contributed by atoms with Crippen LogP contribution in [-0.2, 0) is 17.8 Å². The van der Waals surface area contributed by atoms with Crippen LogP contribution in [0.25, 0.3) is 10.1 Å². The molecular formula is C18H19N3O3S. The molecule has 0 atom stereocenters. The predicted octanol–water partition coefficient (Wildman–Crippen LogP) is 2.18. The van der Waals surface area contributed by atoms with Crippen molar-refractivity contribution in [2.45, 2.75) is 26.3 Å². The van der Waals surface area contributed by atoms with Crippen molar-refractivity contribution in [1.29, 1.82) is 0 Å². The molecule has 2 heterocycles. The fourth-order valence-corrected chi connectivity index (χ4v) is 3.80. The second-order valence-corrected chi connectivity index (χ2v) is 6.93. The lowest BCUT2D eigenvalue weighted by atomic mass is 10.1. The van der Waals surface area contributed by atoms with Crippen molar-refractivity contribution in [3.05, 3.63) is 67.3 Å². The van der Waals surface area contributed by atoms with Gasteiger partial charge in [-0.15, -0.1) is 11.3 Å². The molecule has 0 aliphatic heterocycles. The molecule has 0 saturated carbocycles. The van der Waals surface area contributed by atoms with Crippen LogP contribution >= 0.6 is 11.3 Å². The smallest absolute Gasteiger partial charge is 0.325 e. The number of H-pyrrole nitrogens is 2. The fraction of sp³-hybridized carbons (Fsp3) is 0.278. The van der Waals surface area contributed by atoms with Crippen molar-refractivity contribution in [3.63, 3.8) is 0 Å². The molecular weight excluding hydrogens is 338 g/mol. The topological polar surface area (TPSA) is 86.0 Å². The molecule has 130 valence electrons. The van der Waals surface area contributed by atoms with Gasteiger partial charge in [0.1, 0.15) is 0 Å². The van der Waals surface area contributed by atoms with E-state index in [-0.39, 0.29) is 12.3 Å². The Hall–Kier alpha value is -2.67. The lowest BCUT2D eigenvalue weighted by Crippen LogP contribution is -2.30. The number of aromatic nitrogens is 2. The quantitative estimate of drug-likeness (QED) is 0.734. The van der Waals surface area contributed by atoms with Gasteiger partial charge in [0.15, 0.2) is 0 Å². The number of thiophene rings is 1. The number of carbonyl (C=O) groups is 1. The molecule has 0 bridgehead atoms. The minimum absolute atomic E-state index is 0.0414. The highest BCUT2D eigenvalue weighted by molar-refractivity contribution is 7.17. The van der Waals surface area contributed by atoms with Gasteiger partial charge in [-0.05, 0) is 35.7 Å². The highest BCUT2D eigenvalue weighted by Gasteiger charge is 2.14. The Kier molecular flexibility index (Phi) is 4.85. The van der Waals surface area contributed by atoms with Gasteiger partial charge in [-0.1, -0.05) is 18.2 Å². The van der Waals surface area contributed by atoms with Crippen molar-refractivity contribution in [2.75, 3.05) is 7.05 Å². The molecule has 6 nitrogen and oxygen atoms in total. The average molecular weight is 357 g/mol. The molecule has 3 aromatic rings. The normalized spacial score (nSPS) is 11.0. The van der Waals surface area contributed by atoms with Crippen molar-refractivity contribution < 1.29 is 4.79 Å². The van der Waals surface area contributed by atoms with Crippen LogP contribution in [0.3, 0.4) is 0 Å². The predicted molar refractivity (Wildman–Crippen MR) is 99.0 cm³/mol. The third-order valence-corrected chi connectivity index (χ3v) is 5.25. The molecule has 0 fully saturated rings. The monoisotopic (exact) mass is 357 g/mol. The van der Waals surface area contributed by atoms with Crippen molar-refractivity contribution in [3.8, 4) is 0 Å².